The molecule has 0 spiro atoms. The van der Waals surface area contributed by atoms with E-state index >= 15 is 0 Å². The summed E-state index contributed by atoms with van der Waals surface area (Å²) >= 11 is 1.53. The molecule has 0 fully saturated rings. The molecule has 0 bridgehead atoms. The van der Waals surface area contributed by atoms with Gasteiger partial charge in [-0.25, -0.2) is 0 Å². The number of hydrogen-bond acceptors (Lipinski definition) is 4. The van der Waals surface area contributed by atoms with Crippen molar-refractivity contribution in [1.29, 1.82) is 0 Å². The van der Waals surface area contributed by atoms with Crippen molar-refractivity contribution in [3.8, 4) is 0 Å². The maximum atomic E-state index is 12.8. The lowest BCUT2D eigenvalue weighted by Crippen LogP contribution is -2.34. The molecule has 1 aromatic heterocycles. The summed E-state index contributed by atoms with van der Waals surface area (Å²) in [7, 11) is 1.94. The van der Waals surface area contributed by atoms with Crippen LogP contribution < -0.4 is 0 Å². The first-order valence-electron chi connectivity index (χ1n) is 9.62. The lowest BCUT2D eigenvalue weighted by molar-refractivity contribution is -0.129. The van der Waals surface area contributed by atoms with Gasteiger partial charge in [-0.15, -0.1) is 10.2 Å². The lowest BCUT2D eigenvalue weighted by Gasteiger charge is -2.33. The Bertz CT molecular complexity index is 788. The van der Waals surface area contributed by atoms with Gasteiger partial charge < -0.3 is 9.47 Å². The van der Waals surface area contributed by atoms with Crippen LogP contribution in [0.4, 0.5) is 0 Å². The third kappa shape index (κ3) is 3.52. The zero-order chi connectivity index (χ0) is 17.9. The molecule has 0 radical (unpaired) electrons. The van der Waals surface area contributed by atoms with Gasteiger partial charge in [-0.05, 0) is 43.2 Å². The van der Waals surface area contributed by atoms with Gasteiger partial charge in [0.05, 0.1) is 11.8 Å². The number of thioether (sulfide) groups is 1. The molecule has 138 valence electrons. The number of rotatable bonds is 4. The summed E-state index contributed by atoms with van der Waals surface area (Å²) < 4.78 is 2.21. The minimum atomic E-state index is 0.169. The molecule has 2 aromatic rings. The van der Waals surface area contributed by atoms with Gasteiger partial charge in [0.2, 0.25) is 5.91 Å². The van der Waals surface area contributed by atoms with E-state index in [0.29, 0.717) is 5.75 Å². The molecule has 1 atom stereocenters. The van der Waals surface area contributed by atoms with E-state index in [4.69, 9.17) is 0 Å². The smallest absolute Gasteiger partial charge is 0.233 e. The minimum absolute atomic E-state index is 0.169. The van der Waals surface area contributed by atoms with E-state index in [1.165, 1.54) is 42.2 Å². The number of carbonyl (C=O) groups is 1. The number of hydrogen-bond donors (Lipinski definition) is 0. The molecule has 26 heavy (non-hydrogen) atoms. The van der Waals surface area contributed by atoms with Crippen molar-refractivity contribution < 1.29 is 4.79 Å². The quantitative estimate of drug-likeness (QED) is 0.771. The Morgan fingerprint density at radius 3 is 3.00 bits per heavy atom. The summed E-state index contributed by atoms with van der Waals surface area (Å²) in [6, 6.07) is 8.74. The fourth-order valence-electron chi connectivity index (χ4n) is 4.10. The van der Waals surface area contributed by atoms with Gasteiger partial charge in [0.25, 0.3) is 0 Å². The first-order chi connectivity index (χ1) is 12.7. The number of aromatic nitrogens is 3. The van der Waals surface area contributed by atoms with Crippen LogP contribution in [0.1, 0.15) is 55.1 Å². The fraction of sp³-hybridized carbons (Fsp3) is 0.550. The van der Waals surface area contributed by atoms with Crippen molar-refractivity contribution in [3.63, 3.8) is 0 Å². The molecule has 1 aromatic carbocycles. The van der Waals surface area contributed by atoms with E-state index in [-0.39, 0.29) is 11.9 Å². The summed E-state index contributed by atoms with van der Waals surface area (Å²) in [5.41, 5.74) is 2.70. The second-order valence-electron chi connectivity index (χ2n) is 7.26. The van der Waals surface area contributed by atoms with Crippen LogP contribution in [-0.4, -0.2) is 38.4 Å². The second-order valence-corrected chi connectivity index (χ2v) is 8.20. The molecular formula is C20H26N4OS. The summed E-state index contributed by atoms with van der Waals surface area (Å²) in [6.45, 7) is 0.977. The van der Waals surface area contributed by atoms with Crippen LogP contribution >= 0.6 is 11.8 Å². The van der Waals surface area contributed by atoms with Crippen molar-refractivity contribution in [2.45, 2.75) is 62.7 Å². The molecular weight excluding hydrogens is 344 g/mol. The van der Waals surface area contributed by atoms with Gasteiger partial charge >= 0.3 is 0 Å². The van der Waals surface area contributed by atoms with Crippen molar-refractivity contribution in [3.05, 3.63) is 41.2 Å². The van der Waals surface area contributed by atoms with E-state index in [0.717, 1.165) is 43.2 Å². The maximum absolute atomic E-state index is 12.8. The number of amides is 1. The van der Waals surface area contributed by atoms with Crippen molar-refractivity contribution in [2.24, 2.45) is 0 Å². The van der Waals surface area contributed by atoms with Crippen LogP contribution in [0.2, 0.25) is 0 Å². The van der Waals surface area contributed by atoms with E-state index in [9.17, 15) is 4.79 Å². The van der Waals surface area contributed by atoms with Crippen LogP contribution in [0.25, 0.3) is 0 Å². The number of benzene rings is 1. The third-order valence-corrected chi connectivity index (χ3v) is 6.55. The third-order valence-electron chi connectivity index (χ3n) is 5.60. The SMILES string of the molecule is CN(C(=O)CSc1nnc2n1CCCCC2)C1CCCc2ccccc21. The molecule has 1 amide bonds. The average Bonchev–Trinajstić information content (AvgIpc) is 2.91. The number of aryl methyl sites for hydroxylation is 2. The first-order valence-corrected chi connectivity index (χ1v) is 10.6. The van der Waals surface area contributed by atoms with Gasteiger partial charge in [-0.2, -0.15) is 0 Å². The zero-order valence-electron chi connectivity index (χ0n) is 15.4. The molecule has 2 aliphatic rings. The Morgan fingerprint density at radius 2 is 2.08 bits per heavy atom. The van der Waals surface area contributed by atoms with Gasteiger partial charge in [0.1, 0.15) is 5.82 Å². The van der Waals surface area contributed by atoms with Gasteiger partial charge in [-0.3, -0.25) is 4.79 Å². The topological polar surface area (TPSA) is 51.0 Å². The van der Waals surface area contributed by atoms with Gasteiger partial charge in [-0.1, -0.05) is 42.4 Å². The Hall–Kier alpha value is -1.82. The molecule has 5 nitrogen and oxygen atoms in total. The highest BCUT2D eigenvalue weighted by molar-refractivity contribution is 7.99. The second kappa shape index (κ2) is 7.82. The number of nitrogens with zero attached hydrogens (tertiary/aromatic N) is 4. The molecule has 1 aliphatic carbocycles. The summed E-state index contributed by atoms with van der Waals surface area (Å²) in [5.74, 6) is 1.67. The maximum Gasteiger partial charge on any atom is 0.233 e. The molecule has 1 aliphatic heterocycles. The molecule has 0 N–H and O–H groups in total. The standard InChI is InChI=1S/C20H26N4OS/c1-23(17-11-7-9-15-8-4-5-10-16(15)17)19(25)14-26-20-22-21-18-12-3-2-6-13-24(18)20/h4-5,8,10,17H,2-3,6-7,9,11-14H2,1H3. The summed E-state index contributed by atoms with van der Waals surface area (Å²) in [5, 5.41) is 9.55. The van der Waals surface area contributed by atoms with Crippen molar-refractivity contribution in [2.75, 3.05) is 12.8 Å². The highest BCUT2D eigenvalue weighted by atomic mass is 32.2. The predicted molar refractivity (Wildman–Crippen MR) is 103 cm³/mol. The average molecular weight is 371 g/mol. The highest BCUT2D eigenvalue weighted by Crippen LogP contribution is 2.34. The lowest BCUT2D eigenvalue weighted by atomic mass is 9.87. The molecule has 1 unspecified atom stereocenters. The molecule has 0 saturated heterocycles. The van der Waals surface area contributed by atoms with Crippen molar-refractivity contribution >= 4 is 17.7 Å². The first kappa shape index (κ1) is 17.6. The van der Waals surface area contributed by atoms with Crippen LogP contribution in [-0.2, 0) is 24.2 Å². The molecule has 2 heterocycles. The Balaban J connectivity index is 1.42. The van der Waals surface area contributed by atoms with E-state index in [2.05, 4.69) is 39.0 Å². The van der Waals surface area contributed by atoms with Crippen LogP contribution in [0.5, 0.6) is 0 Å². The van der Waals surface area contributed by atoms with Crippen LogP contribution in [0, 0.1) is 0 Å². The van der Waals surface area contributed by atoms with Crippen molar-refractivity contribution in [1.82, 2.24) is 19.7 Å². The summed E-state index contributed by atoms with van der Waals surface area (Å²) in [4.78, 5) is 14.8. The highest BCUT2D eigenvalue weighted by Gasteiger charge is 2.27. The Kier molecular flexibility index (Phi) is 5.29. The van der Waals surface area contributed by atoms with Gasteiger partial charge in [0.15, 0.2) is 5.16 Å². The Morgan fingerprint density at radius 1 is 1.19 bits per heavy atom. The largest absolute Gasteiger partial charge is 0.338 e. The van der Waals surface area contributed by atoms with Gasteiger partial charge in [0, 0.05) is 20.0 Å². The predicted octanol–water partition coefficient (Wildman–Crippen LogP) is 3.63. The number of carbonyl (C=O) groups excluding carboxylic acids is 1. The minimum Gasteiger partial charge on any atom is -0.338 e. The fourth-order valence-corrected chi connectivity index (χ4v) is 5.00. The molecule has 0 saturated carbocycles. The van der Waals surface area contributed by atoms with Crippen LogP contribution in [0.3, 0.4) is 0 Å². The Labute approximate surface area is 159 Å². The van der Waals surface area contributed by atoms with E-state index in [1.54, 1.807) is 0 Å². The molecule has 6 heteroatoms. The summed E-state index contributed by atoms with van der Waals surface area (Å²) in [6.07, 6.45) is 7.91. The molecule has 4 rings (SSSR count). The van der Waals surface area contributed by atoms with E-state index in [1.807, 2.05) is 11.9 Å². The number of fused-ring (bicyclic) bond motifs is 2. The zero-order valence-corrected chi connectivity index (χ0v) is 16.2. The van der Waals surface area contributed by atoms with E-state index < -0.39 is 0 Å². The van der Waals surface area contributed by atoms with Crippen LogP contribution in [0.15, 0.2) is 29.4 Å². The normalized spacial score (nSPS) is 19.3. The monoisotopic (exact) mass is 370 g/mol.